The van der Waals surface area contributed by atoms with Gasteiger partial charge in [-0.25, -0.2) is 4.90 Å². The zero-order chi connectivity index (χ0) is 21.3. The zero-order valence-electron chi connectivity index (χ0n) is 16.6. The summed E-state index contributed by atoms with van der Waals surface area (Å²) < 4.78 is 0. The van der Waals surface area contributed by atoms with E-state index in [-0.39, 0.29) is 17.9 Å². The van der Waals surface area contributed by atoms with E-state index in [1.165, 1.54) is 4.90 Å². The molecule has 0 aromatic heterocycles. The van der Waals surface area contributed by atoms with Gasteiger partial charge in [-0.1, -0.05) is 54.6 Å². The van der Waals surface area contributed by atoms with Crippen LogP contribution in [0.3, 0.4) is 0 Å². The Morgan fingerprint density at radius 1 is 0.871 bits per heavy atom. The first-order chi connectivity index (χ1) is 15.1. The molecule has 3 aliphatic heterocycles. The van der Waals surface area contributed by atoms with Crippen molar-refractivity contribution < 1.29 is 19.3 Å². The van der Waals surface area contributed by atoms with Crippen LogP contribution >= 0.6 is 0 Å². The third kappa shape index (κ3) is 2.39. The second-order valence-electron chi connectivity index (χ2n) is 8.41. The van der Waals surface area contributed by atoms with Crippen molar-refractivity contribution in [3.63, 3.8) is 0 Å². The molecule has 3 heterocycles. The molecule has 0 aliphatic carbocycles. The number of imide groups is 1. The van der Waals surface area contributed by atoms with Gasteiger partial charge in [-0.3, -0.25) is 19.3 Å². The van der Waals surface area contributed by atoms with E-state index in [1.54, 1.807) is 6.07 Å². The molecule has 152 valence electrons. The molecule has 31 heavy (non-hydrogen) atoms. The molecule has 3 amide bonds. The Balaban J connectivity index is 1.49. The molecule has 0 bridgehead atoms. The van der Waals surface area contributed by atoms with E-state index in [2.05, 4.69) is 0 Å². The second-order valence-corrected chi connectivity index (χ2v) is 8.41. The van der Waals surface area contributed by atoms with E-state index in [0.717, 1.165) is 26.8 Å². The van der Waals surface area contributed by atoms with Gasteiger partial charge in [0.15, 0.2) is 6.04 Å². The fraction of sp³-hybridized carbons (Fsp3) is 0.160. The minimum absolute atomic E-state index is 0.262. The molecular weight excluding hydrogens is 390 g/mol. The number of hydrogen-bond acceptors (Lipinski definition) is 3. The Kier molecular flexibility index (Phi) is 3.70. The van der Waals surface area contributed by atoms with Crippen LogP contribution in [0.25, 0.3) is 16.8 Å². The molecule has 0 radical (unpaired) electrons. The molecular formula is C25H20N3O3+. The van der Waals surface area contributed by atoms with Crippen LogP contribution in [0.5, 0.6) is 0 Å². The fourth-order valence-electron chi connectivity index (χ4n) is 5.65. The molecule has 3 aromatic rings. The molecule has 1 unspecified atom stereocenters. The summed E-state index contributed by atoms with van der Waals surface area (Å²) in [4.78, 5) is 41.8. The SMILES string of the molecule is NC(=O)[C@H]1[C@H]2C(=O)N(c3ccc4ccccc4c3)C(=O)[C@H]2[C@@H]2c3ccccc3C=C[NH+]12. The van der Waals surface area contributed by atoms with Crippen molar-refractivity contribution in [1.82, 2.24) is 0 Å². The summed E-state index contributed by atoms with van der Waals surface area (Å²) in [5.74, 6) is -2.56. The lowest BCUT2D eigenvalue weighted by atomic mass is 9.84. The topological polar surface area (TPSA) is 84.9 Å². The molecule has 6 rings (SSSR count). The average Bonchev–Trinajstić information content (AvgIpc) is 3.26. The number of benzene rings is 3. The Bertz CT molecular complexity index is 1310. The van der Waals surface area contributed by atoms with Crippen LogP contribution in [-0.4, -0.2) is 23.8 Å². The van der Waals surface area contributed by atoms with Gasteiger partial charge in [0.05, 0.1) is 11.9 Å². The molecule has 0 saturated carbocycles. The number of carbonyl (C=O) groups excluding carboxylic acids is 3. The number of quaternary nitrogens is 1. The van der Waals surface area contributed by atoms with Crippen molar-refractivity contribution in [2.24, 2.45) is 17.6 Å². The number of nitrogens with zero attached hydrogens (tertiary/aromatic N) is 1. The molecule has 0 spiro atoms. The van der Waals surface area contributed by atoms with Crippen LogP contribution in [0.2, 0.25) is 0 Å². The number of anilines is 1. The van der Waals surface area contributed by atoms with Crippen LogP contribution in [0, 0.1) is 11.8 Å². The van der Waals surface area contributed by atoms with E-state index < -0.39 is 23.8 Å². The molecule has 3 N–H and O–H groups in total. The summed E-state index contributed by atoms with van der Waals surface area (Å²) in [5.41, 5.74) is 8.28. The van der Waals surface area contributed by atoms with Crippen molar-refractivity contribution in [2.45, 2.75) is 12.1 Å². The van der Waals surface area contributed by atoms with E-state index in [9.17, 15) is 14.4 Å². The number of amides is 3. The number of fused-ring (bicyclic) bond motifs is 6. The minimum Gasteiger partial charge on any atom is -0.364 e. The first-order valence-electron chi connectivity index (χ1n) is 10.4. The highest BCUT2D eigenvalue weighted by Gasteiger charge is 2.67. The Morgan fingerprint density at radius 2 is 1.58 bits per heavy atom. The standard InChI is InChI=1S/C25H19N3O3/c26-23(29)22-20-19(21-18-8-4-3-6-15(18)11-12-27(21)22)24(30)28(25(20)31)17-10-9-14-5-1-2-7-16(14)13-17/h1-13,19-22H,(H2,26,29)/p+1/t19-,20+,21+,22-/m1/s1. The highest BCUT2D eigenvalue weighted by atomic mass is 16.2. The van der Waals surface area contributed by atoms with E-state index >= 15 is 0 Å². The maximum Gasteiger partial charge on any atom is 0.277 e. The number of primary amides is 1. The van der Waals surface area contributed by atoms with Crippen LogP contribution in [0.4, 0.5) is 5.69 Å². The Hall–Kier alpha value is -3.77. The highest BCUT2D eigenvalue weighted by Crippen LogP contribution is 2.44. The van der Waals surface area contributed by atoms with Crippen LogP contribution in [-0.2, 0) is 14.4 Å². The lowest BCUT2D eigenvalue weighted by Gasteiger charge is -2.30. The molecule has 3 aliphatic rings. The third-order valence-electron chi connectivity index (χ3n) is 6.92. The van der Waals surface area contributed by atoms with Crippen LogP contribution in [0.15, 0.2) is 72.9 Å². The average molecular weight is 410 g/mol. The number of nitrogens with one attached hydrogen (secondary N) is 1. The van der Waals surface area contributed by atoms with Crippen molar-refractivity contribution in [3.05, 3.63) is 84.1 Å². The van der Waals surface area contributed by atoms with Gasteiger partial charge in [0.1, 0.15) is 17.9 Å². The van der Waals surface area contributed by atoms with E-state index in [4.69, 9.17) is 5.73 Å². The number of nitrogens with two attached hydrogens (primary N) is 1. The summed E-state index contributed by atoms with van der Waals surface area (Å²) in [6.45, 7) is 0. The van der Waals surface area contributed by atoms with Crippen molar-refractivity contribution in [3.8, 4) is 0 Å². The monoisotopic (exact) mass is 410 g/mol. The van der Waals surface area contributed by atoms with Gasteiger partial charge >= 0.3 is 0 Å². The van der Waals surface area contributed by atoms with E-state index in [0.29, 0.717) is 5.69 Å². The molecule has 2 saturated heterocycles. The Morgan fingerprint density at radius 3 is 2.39 bits per heavy atom. The molecule has 5 atom stereocenters. The summed E-state index contributed by atoms with van der Waals surface area (Å²) in [7, 11) is 0. The molecule has 6 nitrogen and oxygen atoms in total. The number of hydrogen-bond donors (Lipinski definition) is 2. The summed E-state index contributed by atoms with van der Waals surface area (Å²) in [6.07, 6.45) is 3.82. The maximum absolute atomic E-state index is 13.7. The van der Waals surface area contributed by atoms with Gasteiger partial charge < -0.3 is 5.73 Å². The lowest BCUT2D eigenvalue weighted by molar-refractivity contribution is -0.884. The smallest absolute Gasteiger partial charge is 0.277 e. The molecule has 2 fully saturated rings. The number of rotatable bonds is 2. The second kappa shape index (κ2) is 6.36. The lowest BCUT2D eigenvalue weighted by Crippen LogP contribution is -3.12. The normalized spacial score (nSPS) is 28.5. The Labute approximate surface area is 178 Å². The van der Waals surface area contributed by atoms with Crippen molar-refractivity contribution >= 4 is 40.3 Å². The third-order valence-corrected chi connectivity index (χ3v) is 6.92. The van der Waals surface area contributed by atoms with Crippen LogP contribution < -0.4 is 15.5 Å². The summed E-state index contributed by atoms with van der Waals surface area (Å²) in [5, 5.41) is 1.98. The first-order valence-corrected chi connectivity index (χ1v) is 10.4. The fourth-order valence-corrected chi connectivity index (χ4v) is 5.65. The highest BCUT2D eigenvalue weighted by molar-refractivity contribution is 6.24. The number of carbonyl (C=O) groups is 3. The van der Waals surface area contributed by atoms with Gasteiger partial charge in [-0.05, 0) is 34.5 Å². The van der Waals surface area contributed by atoms with Crippen molar-refractivity contribution in [1.29, 1.82) is 0 Å². The first kappa shape index (κ1) is 18.0. The summed E-state index contributed by atoms with van der Waals surface area (Å²) in [6, 6.07) is 20.1. The molecule has 6 heteroatoms. The van der Waals surface area contributed by atoms with Gasteiger partial charge in [-0.2, -0.15) is 0 Å². The molecule has 3 aromatic carbocycles. The van der Waals surface area contributed by atoms with Gasteiger partial charge in [0.2, 0.25) is 11.8 Å². The maximum atomic E-state index is 13.7. The predicted molar refractivity (Wildman–Crippen MR) is 116 cm³/mol. The van der Waals surface area contributed by atoms with E-state index in [1.807, 2.05) is 72.9 Å². The predicted octanol–water partition coefficient (Wildman–Crippen LogP) is 1.42. The largest absolute Gasteiger partial charge is 0.364 e. The van der Waals surface area contributed by atoms with Gasteiger partial charge in [-0.15, -0.1) is 0 Å². The quantitative estimate of drug-likeness (QED) is 0.627. The van der Waals surface area contributed by atoms with Crippen molar-refractivity contribution in [2.75, 3.05) is 4.90 Å². The zero-order valence-corrected chi connectivity index (χ0v) is 16.6. The summed E-state index contributed by atoms with van der Waals surface area (Å²) >= 11 is 0. The van der Waals surface area contributed by atoms with Gasteiger partial charge in [0, 0.05) is 5.56 Å². The van der Waals surface area contributed by atoms with Gasteiger partial charge in [0.25, 0.3) is 5.91 Å². The van der Waals surface area contributed by atoms with Crippen LogP contribution in [0.1, 0.15) is 17.2 Å². The minimum atomic E-state index is -0.776.